The molecule has 5 nitrogen and oxygen atoms in total. The number of carbonyl (C=O) groups excluding carboxylic acids is 2. The Balaban J connectivity index is 1.83. The Bertz CT molecular complexity index is 949. The van der Waals surface area contributed by atoms with E-state index in [1.807, 2.05) is 0 Å². The van der Waals surface area contributed by atoms with Crippen molar-refractivity contribution in [3.8, 4) is 0 Å². The van der Waals surface area contributed by atoms with Gasteiger partial charge in [0, 0.05) is 30.3 Å². The zero-order chi connectivity index (χ0) is 23.9. The van der Waals surface area contributed by atoms with Gasteiger partial charge in [-0.05, 0) is 42.2 Å². The molecule has 0 unspecified atom stereocenters. The summed E-state index contributed by atoms with van der Waals surface area (Å²) in [5.41, 5.74) is -2.59. The number of allylic oxidation sites excluding steroid dienone is 4. The number of carboxylic acid groups (broad SMARTS) is 1. The van der Waals surface area contributed by atoms with Gasteiger partial charge < -0.3 is 9.84 Å². The van der Waals surface area contributed by atoms with Crippen LogP contribution in [-0.2, 0) is 19.1 Å². The van der Waals surface area contributed by atoms with Crippen LogP contribution in [0.5, 0.6) is 0 Å². The largest absolute Gasteiger partial charge is 0.481 e. The first-order valence-electron chi connectivity index (χ1n) is 10.7. The van der Waals surface area contributed by atoms with Crippen LogP contribution in [0.4, 0.5) is 8.78 Å². The van der Waals surface area contributed by atoms with Crippen LogP contribution in [-0.4, -0.2) is 45.6 Å². The normalized spacial score (nSPS) is 46.5. The number of hydrogen-bond acceptors (Lipinski definition) is 4. The number of fused-ring (bicyclic) bond motifs is 5. The van der Waals surface area contributed by atoms with Gasteiger partial charge in [-0.25, -0.2) is 8.78 Å². The second-order valence-corrected chi connectivity index (χ2v) is 11.3. The average Bonchev–Trinajstić information content (AvgIpc) is 2.96. The van der Waals surface area contributed by atoms with Crippen LogP contribution in [0, 0.1) is 34.5 Å². The summed E-state index contributed by atoms with van der Waals surface area (Å²) in [6, 6.07) is 0. The van der Waals surface area contributed by atoms with E-state index in [0.29, 0.717) is 0 Å². The van der Waals surface area contributed by atoms with Gasteiger partial charge in [-0.3, -0.25) is 14.4 Å². The highest BCUT2D eigenvalue weighted by Crippen LogP contribution is 2.73. The van der Waals surface area contributed by atoms with Crippen molar-refractivity contribution in [2.45, 2.75) is 56.2 Å². The lowest BCUT2D eigenvalue weighted by atomic mass is 9.46. The van der Waals surface area contributed by atoms with Gasteiger partial charge >= 0.3 is 11.9 Å². The van der Waals surface area contributed by atoms with Crippen molar-refractivity contribution in [1.29, 1.82) is 0 Å². The van der Waals surface area contributed by atoms with Crippen LogP contribution in [0.25, 0.3) is 0 Å². The summed E-state index contributed by atoms with van der Waals surface area (Å²) in [6.45, 7) is 4.51. The fraction of sp³-hybridized carbons (Fsp3) is 0.696. The van der Waals surface area contributed by atoms with E-state index in [4.69, 9.17) is 27.9 Å². The molecule has 176 valence electrons. The van der Waals surface area contributed by atoms with Gasteiger partial charge in [0.15, 0.2) is 5.78 Å². The van der Waals surface area contributed by atoms with Crippen molar-refractivity contribution in [2.24, 2.45) is 34.5 Å². The molecule has 3 saturated carbocycles. The number of carbonyl (C=O) groups is 3. The van der Waals surface area contributed by atoms with E-state index >= 15 is 8.78 Å². The topological polar surface area (TPSA) is 80.7 Å². The molecular formula is C23H26Cl2F2O5. The second kappa shape index (κ2) is 7.26. The maximum absolute atomic E-state index is 15.5. The van der Waals surface area contributed by atoms with Crippen molar-refractivity contribution < 1.29 is 33.0 Å². The molecule has 3 fully saturated rings. The van der Waals surface area contributed by atoms with Crippen LogP contribution >= 0.6 is 23.2 Å². The lowest BCUT2D eigenvalue weighted by Gasteiger charge is -2.64. The SMILES string of the molecule is CC(=O)OC[C@@H]1C[C@H]2[C@@H]3CC(F)(F)C4=CC(=O)C=C[C@]4(C)[C@@]3(Cl)[C@@H](Cl)C[C@]2(C)[C@H]1C(=O)O. The van der Waals surface area contributed by atoms with Crippen LogP contribution < -0.4 is 0 Å². The number of carboxylic acids is 1. The van der Waals surface area contributed by atoms with E-state index in [2.05, 4.69) is 0 Å². The Kier molecular flexibility index (Phi) is 5.37. The van der Waals surface area contributed by atoms with Crippen LogP contribution in [0.3, 0.4) is 0 Å². The third-order valence-corrected chi connectivity index (χ3v) is 10.1. The molecule has 0 radical (unpaired) electrons. The first kappa shape index (κ1) is 23.7. The van der Waals surface area contributed by atoms with Gasteiger partial charge in [-0.1, -0.05) is 19.9 Å². The molecule has 0 amide bonds. The highest BCUT2D eigenvalue weighted by Gasteiger charge is 2.74. The predicted molar refractivity (Wildman–Crippen MR) is 114 cm³/mol. The average molecular weight is 491 g/mol. The number of alkyl halides is 4. The first-order valence-corrected chi connectivity index (χ1v) is 11.5. The summed E-state index contributed by atoms with van der Waals surface area (Å²) in [5.74, 6) is -8.10. The molecule has 9 heteroatoms. The molecule has 0 aromatic heterocycles. The minimum absolute atomic E-state index is 0.0967. The molecule has 8 atom stereocenters. The van der Waals surface area contributed by atoms with Gasteiger partial charge in [0.1, 0.15) is 0 Å². The Morgan fingerprint density at radius 2 is 1.91 bits per heavy atom. The number of halogens is 4. The molecule has 0 aliphatic heterocycles. The standard InChI is InChI=1S/C23H26Cl2F2O5/c1-11(28)32-10-12-6-14-15-8-22(26,27)16-7-13(29)4-5-21(16,3)23(15,25)17(24)9-20(14,2)18(12)19(30)31/h4-5,7,12,14-15,17-18H,6,8-10H2,1-3H3,(H,30,31)/t12-,14-,15-,17-,18+,20-,21-,23-/m0/s1. The van der Waals surface area contributed by atoms with Crippen LogP contribution in [0.2, 0.25) is 0 Å². The second-order valence-electron chi connectivity index (χ2n) is 10.2. The third kappa shape index (κ3) is 3.03. The van der Waals surface area contributed by atoms with Crippen molar-refractivity contribution >= 4 is 40.9 Å². The maximum Gasteiger partial charge on any atom is 0.307 e. The Labute approximate surface area is 195 Å². The lowest BCUT2D eigenvalue weighted by Crippen LogP contribution is -2.68. The van der Waals surface area contributed by atoms with Gasteiger partial charge in [-0.15, -0.1) is 23.2 Å². The zero-order valence-corrected chi connectivity index (χ0v) is 19.6. The zero-order valence-electron chi connectivity index (χ0n) is 18.0. The Hall–Kier alpha value is -1.47. The summed E-state index contributed by atoms with van der Waals surface area (Å²) < 4.78 is 36.1. The van der Waals surface area contributed by atoms with Crippen molar-refractivity contribution in [3.05, 3.63) is 23.8 Å². The van der Waals surface area contributed by atoms with Crippen molar-refractivity contribution in [1.82, 2.24) is 0 Å². The number of ketones is 1. The van der Waals surface area contributed by atoms with Crippen LogP contribution in [0.1, 0.15) is 40.0 Å². The van der Waals surface area contributed by atoms with Gasteiger partial charge in [0.2, 0.25) is 0 Å². The Morgan fingerprint density at radius 1 is 1.25 bits per heavy atom. The molecule has 0 aromatic rings. The number of hydrogen-bond donors (Lipinski definition) is 1. The first-order chi connectivity index (χ1) is 14.7. The monoisotopic (exact) mass is 490 g/mol. The van der Waals surface area contributed by atoms with Crippen LogP contribution in [0.15, 0.2) is 23.8 Å². The molecule has 4 aliphatic carbocycles. The fourth-order valence-corrected chi connectivity index (χ4v) is 8.41. The third-order valence-electron chi connectivity index (χ3n) is 8.55. The molecule has 0 heterocycles. The van der Waals surface area contributed by atoms with E-state index in [0.717, 1.165) is 6.08 Å². The molecule has 0 spiro atoms. The molecule has 4 rings (SSSR count). The smallest absolute Gasteiger partial charge is 0.307 e. The molecule has 4 aliphatic rings. The molecule has 1 N–H and O–H groups in total. The molecule has 32 heavy (non-hydrogen) atoms. The summed E-state index contributed by atoms with van der Waals surface area (Å²) >= 11 is 14.1. The molecule has 0 saturated heterocycles. The molecular weight excluding hydrogens is 465 g/mol. The van der Waals surface area contributed by atoms with Gasteiger partial charge in [0.05, 0.1) is 22.8 Å². The number of ether oxygens (including phenoxy) is 1. The Morgan fingerprint density at radius 3 is 2.50 bits per heavy atom. The number of rotatable bonds is 3. The minimum atomic E-state index is -3.29. The van der Waals surface area contributed by atoms with E-state index in [1.54, 1.807) is 13.8 Å². The van der Waals surface area contributed by atoms with Crippen molar-refractivity contribution in [3.63, 3.8) is 0 Å². The lowest BCUT2D eigenvalue weighted by molar-refractivity contribution is -0.155. The van der Waals surface area contributed by atoms with E-state index in [9.17, 15) is 19.5 Å². The fourth-order valence-electron chi connectivity index (χ4n) is 7.22. The summed E-state index contributed by atoms with van der Waals surface area (Å²) in [6.07, 6.45) is 3.54. The maximum atomic E-state index is 15.5. The van der Waals surface area contributed by atoms with E-state index in [1.165, 1.54) is 19.1 Å². The highest BCUT2D eigenvalue weighted by molar-refractivity contribution is 6.34. The summed E-state index contributed by atoms with van der Waals surface area (Å²) in [5, 5.41) is 9.23. The highest BCUT2D eigenvalue weighted by atomic mass is 35.5. The van der Waals surface area contributed by atoms with E-state index in [-0.39, 0.29) is 25.0 Å². The number of aliphatic carboxylic acids is 1. The quantitative estimate of drug-likeness (QED) is 0.461. The summed E-state index contributed by atoms with van der Waals surface area (Å²) in [4.78, 5) is 34.3. The van der Waals surface area contributed by atoms with Gasteiger partial charge in [0.25, 0.3) is 5.92 Å². The van der Waals surface area contributed by atoms with Gasteiger partial charge in [-0.2, -0.15) is 0 Å². The number of esters is 1. The van der Waals surface area contributed by atoms with E-state index < -0.39 is 74.8 Å². The summed E-state index contributed by atoms with van der Waals surface area (Å²) in [7, 11) is 0. The molecule has 0 aromatic carbocycles. The molecule has 0 bridgehead atoms. The predicted octanol–water partition coefficient (Wildman–Crippen LogP) is 4.61. The minimum Gasteiger partial charge on any atom is -0.481 e. The van der Waals surface area contributed by atoms with Crippen molar-refractivity contribution in [2.75, 3.05) is 6.61 Å².